The van der Waals surface area contributed by atoms with Crippen molar-refractivity contribution in [2.24, 2.45) is 0 Å². The molecule has 0 fully saturated rings. The third-order valence-electron chi connectivity index (χ3n) is 0.231. The Morgan fingerprint density at radius 1 is 1.33 bits per heavy atom. The van der Waals surface area contributed by atoms with Gasteiger partial charge in [-0.05, 0) is 14.8 Å². The van der Waals surface area contributed by atoms with Crippen molar-refractivity contribution in [3.63, 3.8) is 0 Å². The molecule has 0 aromatic carbocycles. The van der Waals surface area contributed by atoms with E-state index < -0.39 is 0 Å². The van der Waals surface area contributed by atoms with Gasteiger partial charge in [0.1, 0.15) is 0 Å². The molecule has 0 aliphatic heterocycles. The maximum atomic E-state index is 3.29. The fourth-order valence-corrected chi connectivity index (χ4v) is 0. The van der Waals surface area contributed by atoms with Gasteiger partial charge in [-0.2, -0.15) is 0 Å². The Bertz CT molecular complexity index is 37.3. The Labute approximate surface area is 50.9 Å². The molecule has 0 radical (unpaired) electrons. The largest absolute Gasteiger partial charge is 0.0776 e. The predicted octanol–water partition coefficient (Wildman–Crippen LogP) is 2.83. The van der Waals surface area contributed by atoms with E-state index in [2.05, 4.69) is 35.6 Å². The van der Waals surface area contributed by atoms with Gasteiger partial charge in [0.25, 0.3) is 0 Å². The molecular weight excluding hydrogens is 160 g/mol. The second kappa shape index (κ2) is 2.22. The molecule has 0 amide bonds. The van der Waals surface area contributed by atoms with E-state index in [1.165, 1.54) is 0 Å². The van der Waals surface area contributed by atoms with Gasteiger partial charge in [0.05, 0.1) is 0 Å². The summed E-state index contributed by atoms with van der Waals surface area (Å²) in [7, 11) is 1.69. The highest BCUT2D eigenvalue weighted by atomic mass is 79.9. The molecule has 6 heavy (non-hydrogen) atoms. The first-order chi connectivity index (χ1) is 2.56. The molecule has 2 heteroatoms. The number of hydrogen-bond donors (Lipinski definition) is 0. The molecule has 0 N–H and O–H groups in total. The molecular formula is C4H9BrS. The molecule has 0 aliphatic rings. The van der Waals surface area contributed by atoms with E-state index in [0.29, 0.717) is 4.75 Å². The van der Waals surface area contributed by atoms with E-state index in [0.717, 1.165) is 0 Å². The second-order valence-corrected chi connectivity index (χ2v) is 4.54. The quantitative estimate of drug-likeness (QED) is 0.537. The van der Waals surface area contributed by atoms with Crippen molar-refractivity contribution in [3.05, 3.63) is 0 Å². The van der Waals surface area contributed by atoms with Crippen LogP contribution in [-0.2, 0) is 0 Å². The van der Waals surface area contributed by atoms with Crippen LogP contribution in [0.4, 0.5) is 0 Å². The maximum Gasteiger partial charge on any atom is 0.0184 e. The normalized spacial score (nSPS) is 12.0. The lowest BCUT2D eigenvalue weighted by Crippen LogP contribution is -2.02. The minimum Gasteiger partial charge on any atom is -0.0776 e. The lowest BCUT2D eigenvalue weighted by molar-refractivity contribution is 0.811. The monoisotopic (exact) mass is 168 g/mol. The molecule has 0 spiro atoms. The molecule has 38 valence electrons. The molecule has 0 aromatic rings. The standard InChI is InChI=1S/C4H9BrS/c1-4(2,3)6-5/h1-3H3. The van der Waals surface area contributed by atoms with Gasteiger partial charge in [0.2, 0.25) is 0 Å². The van der Waals surface area contributed by atoms with E-state index in [1.807, 2.05) is 0 Å². The molecule has 0 heterocycles. The summed E-state index contributed by atoms with van der Waals surface area (Å²) in [6.07, 6.45) is 0. The second-order valence-electron chi connectivity index (χ2n) is 2.19. The highest BCUT2D eigenvalue weighted by Gasteiger charge is 2.05. The van der Waals surface area contributed by atoms with Gasteiger partial charge in [-0.15, -0.1) is 0 Å². The minimum absolute atomic E-state index is 0.375. The van der Waals surface area contributed by atoms with Gasteiger partial charge in [-0.3, -0.25) is 0 Å². The number of rotatable bonds is 0. The van der Waals surface area contributed by atoms with E-state index in [4.69, 9.17) is 0 Å². The average molecular weight is 169 g/mol. The summed E-state index contributed by atoms with van der Waals surface area (Å²) in [6, 6.07) is 0. The zero-order chi connectivity index (χ0) is 5.21. The van der Waals surface area contributed by atoms with Crippen molar-refractivity contribution in [3.8, 4) is 0 Å². The van der Waals surface area contributed by atoms with Crippen molar-refractivity contribution in [1.82, 2.24) is 0 Å². The van der Waals surface area contributed by atoms with Crippen LogP contribution in [0.15, 0.2) is 0 Å². The molecule has 0 rings (SSSR count). The Balaban J connectivity index is 3.17. The topological polar surface area (TPSA) is 0 Å². The summed E-state index contributed by atoms with van der Waals surface area (Å²) >= 11 is 3.29. The summed E-state index contributed by atoms with van der Waals surface area (Å²) in [5.41, 5.74) is 0. The van der Waals surface area contributed by atoms with Crippen LogP contribution in [0.3, 0.4) is 0 Å². The fraction of sp³-hybridized carbons (Fsp3) is 1.00. The van der Waals surface area contributed by atoms with Gasteiger partial charge < -0.3 is 0 Å². The molecule has 0 atom stereocenters. The fourth-order valence-electron chi connectivity index (χ4n) is 0. The molecule has 0 aromatic heterocycles. The lowest BCUT2D eigenvalue weighted by Gasteiger charge is -2.10. The van der Waals surface area contributed by atoms with Crippen LogP contribution < -0.4 is 0 Å². The van der Waals surface area contributed by atoms with Crippen LogP contribution in [0.5, 0.6) is 0 Å². The van der Waals surface area contributed by atoms with Crippen LogP contribution in [0.2, 0.25) is 0 Å². The third kappa shape index (κ3) is 4.83. The Hall–Kier alpha value is 0.830. The summed E-state index contributed by atoms with van der Waals surface area (Å²) < 4.78 is 0.375. The molecule has 0 bridgehead atoms. The highest BCUT2D eigenvalue weighted by molar-refractivity contribution is 9.50. The molecule has 0 saturated heterocycles. The predicted molar refractivity (Wildman–Crippen MR) is 36.3 cm³/mol. The zero-order valence-electron chi connectivity index (χ0n) is 4.29. The maximum absolute atomic E-state index is 3.29. The van der Waals surface area contributed by atoms with Crippen LogP contribution in [0.25, 0.3) is 0 Å². The first-order valence-corrected chi connectivity index (χ1v) is 4.52. The third-order valence-corrected chi connectivity index (χ3v) is 3.61. The van der Waals surface area contributed by atoms with E-state index in [1.54, 1.807) is 10.2 Å². The first kappa shape index (κ1) is 6.83. The first-order valence-electron chi connectivity index (χ1n) is 1.86. The summed E-state index contributed by atoms with van der Waals surface area (Å²) in [6.45, 7) is 6.48. The van der Waals surface area contributed by atoms with Crippen molar-refractivity contribution in [2.45, 2.75) is 25.5 Å². The van der Waals surface area contributed by atoms with E-state index >= 15 is 0 Å². The van der Waals surface area contributed by atoms with E-state index in [9.17, 15) is 0 Å². The molecule has 0 saturated carbocycles. The van der Waals surface area contributed by atoms with Crippen molar-refractivity contribution in [1.29, 1.82) is 0 Å². The Kier molecular flexibility index (Phi) is 2.53. The molecule has 0 aliphatic carbocycles. The summed E-state index contributed by atoms with van der Waals surface area (Å²) in [5.74, 6) is 0. The van der Waals surface area contributed by atoms with Crippen LogP contribution in [0, 0.1) is 0 Å². The Morgan fingerprint density at radius 3 is 1.50 bits per heavy atom. The van der Waals surface area contributed by atoms with E-state index in [-0.39, 0.29) is 0 Å². The summed E-state index contributed by atoms with van der Waals surface area (Å²) in [5, 5.41) is 0. The molecule has 0 unspecified atom stereocenters. The number of halogens is 1. The summed E-state index contributed by atoms with van der Waals surface area (Å²) in [4.78, 5) is 0. The van der Waals surface area contributed by atoms with Gasteiger partial charge >= 0.3 is 0 Å². The zero-order valence-corrected chi connectivity index (χ0v) is 6.69. The minimum atomic E-state index is 0.375. The average Bonchev–Trinajstić information content (AvgIpc) is 1.35. The van der Waals surface area contributed by atoms with Gasteiger partial charge in [-0.1, -0.05) is 31.0 Å². The van der Waals surface area contributed by atoms with Crippen LogP contribution >= 0.6 is 25.0 Å². The van der Waals surface area contributed by atoms with Gasteiger partial charge in [0.15, 0.2) is 0 Å². The van der Waals surface area contributed by atoms with Crippen LogP contribution in [0.1, 0.15) is 20.8 Å². The SMILES string of the molecule is CC(C)(C)SBr. The molecule has 0 nitrogen and oxygen atoms in total. The van der Waals surface area contributed by atoms with Crippen molar-refractivity contribution >= 4 is 25.0 Å². The lowest BCUT2D eigenvalue weighted by atomic mass is 10.3. The number of hydrogen-bond acceptors (Lipinski definition) is 1. The van der Waals surface area contributed by atoms with Crippen molar-refractivity contribution < 1.29 is 0 Å². The Morgan fingerprint density at radius 2 is 1.50 bits per heavy atom. The highest BCUT2D eigenvalue weighted by Crippen LogP contribution is 2.28. The van der Waals surface area contributed by atoms with Gasteiger partial charge in [-0.25, -0.2) is 0 Å². The van der Waals surface area contributed by atoms with Gasteiger partial charge in [0, 0.05) is 4.75 Å². The smallest absolute Gasteiger partial charge is 0.0184 e. The van der Waals surface area contributed by atoms with Crippen LogP contribution in [-0.4, -0.2) is 4.75 Å². The van der Waals surface area contributed by atoms with Crippen molar-refractivity contribution in [2.75, 3.05) is 0 Å².